The Hall–Kier alpha value is -4.19. The van der Waals surface area contributed by atoms with Gasteiger partial charge < -0.3 is 19.9 Å². The van der Waals surface area contributed by atoms with Crippen molar-refractivity contribution < 1.29 is 19.2 Å². The summed E-state index contributed by atoms with van der Waals surface area (Å²) < 4.78 is 6.92. The minimum Gasteiger partial charge on any atom is -0.497 e. The zero-order valence-corrected chi connectivity index (χ0v) is 21.6. The summed E-state index contributed by atoms with van der Waals surface area (Å²) in [4.78, 5) is 35.7. The van der Waals surface area contributed by atoms with Crippen LogP contribution in [0, 0.1) is 17.0 Å². The molecule has 0 aliphatic rings. The number of hydrogen-bond donors (Lipinski definition) is 2. The molecule has 1 aromatic heterocycles. The number of thioether (sulfide) groups is 1. The lowest BCUT2D eigenvalue weighted by Crippen LogP contribution is -2.30. The van der Waals surface area contributed by atoms with Gasteiger partial charge in [-0.3, -0.25) is 19.7 Å². The molecule has 1 heterocycles. The normalized spacial score (nSPS) is 11.4. The van der Waals surface area contributed by atoms with Crippen LogP contribution < -0.4 is 15.4 Å². The first-order chi connectivity index (χ1) is 17.7. The SMILES string of the molecule is C=CCn1c(SCC(=O)Nc2ccc(C)c([N+](=O)[O-])c2)nnc1[C@@H](C)NC(=O)Cc1ccc(OC)cc1. The van der Waals surface area contributed by atoms with Gasteiger partial charge in [-0.2, -0.15) is 0 Å². The van der Waals surface area contributed by atoms with Gasteiger partial charge >= 0.3 is 0 Å². The highest BCUT2D eigenvalue weighted by molar-refractivity contribution is 7.99. The number of methoxy groups -OCH3 is 1. The number of aryl methyl sites for hydroxylation is 1. The smallest absolute Gasteiger partial charge is 0.274 e. The fourth-order valence-corrected chi connectivity index (χ4v) is 4.28. The highest BCUT2D eigenvalue weighted by atomic mass is 32.2. The van der Waals surface area contributed by atoms with E-state index in [-0.39, 0.29) is 29.7 Å². The molecule has 1 atom stereocenters. The fraction of sp³-hybridized carbons (Fsp3) is 0.280. The fourth-order valence-electron chi connectivity index (χ4n) is 3.52. The zero-order valence-electron chi connectivity index (χ0n) is 20.8. The molecule has 0 saturated heterocycles. The Morgan fingerprint density at radius 1 is 1.22 bits per heavy atom. The molecule has 11 nitrogen and oxygen atoms in total. The molecular weight excluding hydrogens is 496 g/mol. The summed E-state index contributed by atoms with van der Waals surface area (Å²) in [6.07, 6.45) is 1.87. The van der Waals surface area contributed by atoms with Crippen LogP contribution in [-0.2, 0) is 22.6 Å². The Morgan fingerprint density at radius 2 is 1.95 bits per heavy atom. The first-order valence-electron chi connectivity index (χ1n) is 11.4. The Balaban J connectivity index is 1.62. The van der Waals surface area contributed by atoms with Gasteiger partial charge in [0.05, 0.1) is 30.2 Å². The van der Waals surface area contributed by atoms with Crippen LogP contribution in [0.1, 0.15) is 29.9 Å². The molecule has 0 spiro atoms. The zero-order chi connectivity index (χ0) is 26.9. The number of rotatable bonds is 12. The second-order valence-corrected chi connectivity index (χ2v) is 9.09. The van der Waals surface area contributed by atoms with Gasteiger partial charge in [0.1, 0.15) is 5.75 Å². The van der Waals surface area contributed by atoms with E-state index in [1.807, 2.05) is 12.1 Å². The van der Waals surface area contributed by atoms with Crippen molar-refractivity contribution in [3.63, 3.8) is 0 Å². The second-order valence-electron chi connectivity index (χ2n) is 8.15. The maximum absolute atomic E-state index is 12.6. The van der Waals surface area contributed by atoms with Crippen LogP contribution in [-0.4, -0.2) is 44.4 Å². The van der Waals surface area contributed by atoms with E-state index >= 15 is 0 Å². The van der Waals surface area contributed by atoms with E-state index in [4.69, 9.17) is 4.74 Å². The van der Waals surface area contributed by atoms with Crippen LogP contribution in [0.15, 0.2) is 60.3 Å². The van der Waals surface area contributed by atoms with Crippen molar-refractivity contribution in [2.24, 2.45) is 0 Å². The molecule has 2 amide bonds. The summed E-state index contributed by atoms with van der Waals surface area (Å²) >= 11 is 1.16. The molecule has 0 aliphatic carbocycles. The van der Waals surface area contributed by atoms with Crippen LogP contribution in [0.2, 0.25) is 0 Å². The van der Waals surface area contributed by atoms with Crippen molar-refractivity contribution in [3.8, 4) is 5.75 Å². The molecule has 0 unspecified atom stereocenters. The molecule has 194 valence electrons. The summed E-state index contributed by atoms with van der Waals surface area (Å²) in [6.45, 7) is 7.59. The number of carbonyl (C=O) groups excluding carboxylic acids is 2. The molecule has 3 aromatic rings. The molecular formula is C25H28N6O5S. The number of nitro benzene ring substituents is 1. The van der Waals surface area contributed by atoms with Gasteiger partial charge in [0, 0.05) is 23.9 Å². The van der Waals surface area contributed by atoms with Gasteiger partial charge in [-0.05, 0) is 37.6 Å². The number of anilines is 1. The number of carbonyl (C=O) groups is 2. The molecule has 2 aromatic carbocycles. The molecule has 0 saturated carbocycles. The predicted octanol–water partition coefficient (Wildman–Crippen LogP) is 3.84. The molecule has 0 radical (unpaired) electrons. The Bertz CT molecular complexity index is 1290. The van der Waals surface area contributed by atoms with E-state index in [0.717, 1.165) is 17.3 Å². The van der Waals surface area contributed by atoms with Crippen molar-refractivity contribution in [2.75, 3.05) is 18.2 Å². The highest BCUT2D eigenvalue weighted by Gasteiger charge is 2.20. The minimum absolute atomic E-state index is 0.00909. The number of nitrogens with zero attached hydrogens (tertiary/aromatic N) is 4. The number of allylic oxidation sites excluding steroid dienone is 1. The van der Waals surface area contributed by atoms with Crippen molar-refractivity contribution in [1.82, 2.24) is 20.1 Å². The van der Waals surface area contributed by atoms with Gasteiger partial charge in [-0.15, -0.1) is 16.8 Å². The maximum atomic E-state index is 12.6. The number of amides is 2. The Kier molecular flexibility index (Phi) is 9.39. The van der Waals surface area contributed by atoms with Gasteiger partial charge in [0.15, 0.2) is 11.0 Å². The Labute approximate surface area is 218 Å². The molecule has 37 heavy (non-hydrogen) atoms. The van der Waals surface area contributed by atoms with Crippen molar-refractivity contribution in [1.29, 1.82) is 0 Å². The molecule has 3 rings (SSSR count). The molecule has 0 fully saturated rings. The van der Waals surface area contributed by atoms with Crippen LogP contribution in [0.5, 0.6) is 5.75 Å². The monoisotopic (exact) mass is 524 g/mol. The number of benzene rings is 2. The average molecular weight is 525 g/mol. The first-order valence-corrected chi connectivity index (χ1v) is 12.3. The maximum Gasteiger partial charge on any atom is 0.274 e. The largest absolute Gasteiger partial charge is 0.497 e. The van der Waals surface area contributed by atoms with Gasteiger partial charge in [0.25, 0.3) is 5.69 Å². The number of aromatic nitrogens is 3. The van der Waals surface area contributed by atoms with Crippen molar-refractivity contribution >= 4 is 35.0 Å². The average Bonchev–Trinajstić information content (AvgIpc) is 3.27. The quantitative estimate of drug-likeness (QED) is 0.158. The minimum atomic E-state index is -0.490. The summed E-state index contributed by atoms with van der Waals surface area (Å²) in [5.41, 5.74) is 1.63. The van der Waals surface area contributed by atoms with E-state index in [2.05, 4.69) is 27.4 Å². The molecule has 2 N–H and O–H groups in total. The summed E-state index contributed by atoms with van der Waals surface area (Å²) in [5, 5.41) is 25.6. The summed E-state index contributed by atoms with van der Waals surface area (Å²) in [5.74, 6) is 0.731. The lowest BCUT2D eigenvalue weighted by atomic mass is 10.1. The van der Waals surface area contributed by atoms with Gasteiger partial charge in [0.2, 0.25) is 11.8 Å². The van der Waals surface area contributed by atoms with Crippen molar-refractivity contribution in [3.05, 3.63) is 82.2 Å². The van der Waals surface area contributed by atoms with E-state index in [0.29, 0.717) is 34.5 Å². The molecule has 0 aliphatic heterocycles. The predicted molar refractivity (Wildman–Crippen MR) is 141 cm³/mol. The van der Waals surface area contributed by atoms with E-state index in [1.54, 1.807) is 55.9 Å². The third-order valence-corrected chi connectivity index (χ3v) is 6.33. The second kappa shape index (κ2) is 12.7. The third kappa shape index (κ3) is 7.40. The standard InChI is InChI=1S/C25H28N6O5S/c1-5-12-30-24(17(3)26-22(32)13-18-7-10-20(36-4)11-8-18)28-29-25(30)37-15-23(33)27-19-9-6-16(2)21(14-19)31(34)35/h5-11,14,17H,1,12-13,15H2,2-4H3,(H,26,32)(H,27,33)/t17-/m1/s1. The number of nitro groups is 1. The lowest BCUT2D eigenvalue weighted by molar-refractivity contribution is -0.385. The Morgan fingerprint density at radius 3 is 2.59 bits per heavy atom. The van der Waals surface area contributed by atoms with Crippen molar-refractivity contribution in [2.45, 2.75) is 38.0 Å². The topological polar surface area (TPSA) is 141 Å². The lowest BCUT2D eigenvalue weighted by Gasteiger charge is -2.15. The summed E-state index contributed by atoms with van der Waals surface area (Å²) in [6, 6.07) is 11.3. The van der Waals surface area contributed by atoms with E-state index in [9.17, 15) is 19.7 Å². The third-order valence-electron chi connectivity index (χ3n) is 5.37. The molecule has 12 heteroatoms. The number of nitrogens with one attached hydrogen (secondary N) is 2. The van der Waals surface area contributed by atoms with Crippen LogP contribution in [0.3, 0.4) is 0 Å². The van der Waals surface area contributed by atoms with Crippen LogP contribution in [0.4, 0.5) is 11.4 Å². The highest BCUT2D eigenvalue weighted by Crippen LogP contribution is 2.24. The summed E-state index contributed by atoms with van der Waals surface area (Å²) in [7, 11) is 1.58. The van der Waals surface area contributed by atoms with Crippen LogP contribution >= 0.6 is 11.8 Å². The number of hydrogen-bond acceptors (Lipinski definition) is 8. The first kappa shape index (κ1) is 27.4. The number of ether oxygens (including phenoxy) is 1. The van der Waals surface area contributed by atoms with E-state index in [1.165, 1.54) is 6.07 Å². The van der Waals surface area contributed by atoms with Gasteiger partial charge in [-0.1, -0.05) is 36.0 Å². The molecule has 0 bridgehead atoms. The van der Waals surface area contributed by atoms with Gasteiger partial charge in [-0.25, -0.2) is 0 Å². The van der Waals surface area contributed by atoms with E-state index < -0.39 is 11.0 Å². The van der Waals surface area contributed by atoms with Crippen LogP contribution in [0.25, 0.3) is 0 Å².